The standard InChI is InChI=1S/C15H13N2O2/c1-10-8-11(2)14-13(9-10)16-17(15(18)19-14)12-6-4-3-5-7-12/h3-9H,1-2H3/q+1. The van der Waals surface area contributed by atoms with Crippen LogP contribution in [-0.4, -0.2) is 5.10 Å². The van der Waals surface area contributed by atoms with Crippen molar-refractivity contribution in [3.63, 3.8) is 0 Å². The zero-order valence-electron chi connectivity index (χ0n) is 10.8. The van der Waals surface area contributed by atoms with Crippen LogP contribution in [0.25, 0.3) is 16.8 Å². The lowest BCUT2D eigenvalue weighted by Gasteiger charge is -1.99. The molecule has 1 aromatic heterocycles. The molecule has 0 amide bonds. The minimum atomic E-state index is -0.481. The van der Waals surface area contributed by atoms with Crippen LogP contribution in [0.5, 0.6) is 0 Å². The van der Waals surface area contributed by atoms with E-state index in [1.807, 2.05) is 56.3 Å². The van der Waals surface area contributed by atoms with E-state index in [0.717, 1.165) is 11.1 Å². The number of aryl methyl sites for hydroxylation is 2. The molecule has 19 heavy (non-hydrogen) atoms. The lowest BCUT2D eigenvalue weighted by molar-refractivity contribution is -0.683. The van der Waals surface area contributed by atoms with Gasteiger partial charge >= 0.3 is 5.76 Å². The molecule has 1 heterocycles. The third kappa shape index (κ3) is 2.01. The number of fused-ring (bicyclic) bond motifs is 1. The lowest BCUT2D eigenvalue weighted by Crippen LogP contribution is -2.50. The van der Waals surface area contributed by atoms with E-state index in [9.17, 15) is 4.79 Å². The van der Waals surface area contributed by atoms with Gasteiger partial charge < -0.3 is 4.42 Å². The highest BCUT2D eigenvalue weighted by molar-refractivity contribution is 5.75. The molecule has 0 atom stereocenters. The van der Waals surface area contributed by atoms with Crippen molar-refractivity contribution in [2.75, 3.05) is 0 Å². The molecule has 0 fully saturated rings. The summed E-state index contributed by atoms with van der Waals surface area (Å²) in [6, 6.07) is 13.1. The summed E-state index contributed by atoms with van der Waals surface area (Å²) in [5.74, 6) is -0.481. The largest absolute Gasteiger partial charge is 0.634 e. The van der Waals surface area contributed by atoms with Crippen LogP contribution < -0.4 is 10.4 Å². The Morgan fingerprint density at radius 3 is 2.58 bits per heavy atom. The Balaban J connectivity index is 2.34. The highest BCUT2D eigenvalue weighted by atomic mass is 16.4. The van der Waals surface area contributed by atoms with Gasteiger partial charge in [-0.3, -0.25) is 0 Å². The summed E-state index contributed by atoms with van der Waals surface area (Å²) < 4.78 is 6.66. The van der Waals surface area contributed by atoms with E-state index in [1.54, 1.807) is 0 Å². The Labute approximate surface area is 109 Å². The number of para-hydroxylation sites is 1. The van der Waals surface area contributed by atoms with Crippen molar-refractivity contribution in [1.82, 2.24) is 5.10 Å². The maximum atomic E-state index is 12.0. The van der Waals surface area contributed by atoms with E-state index >= 15 is 0 Å². The van der Waals surface area contributed by atoms with Crippen LogP contribution in [0.2, 0.25) is 0 Å². The molecular weight excluding hydrogens is 240 g/mol. The number of aromatic nitrogens is 2. The van der Waals surface area contributed by atoms with E-state index in [0.29, 0.717) is 16.8 Å². The summed E-state index contributed by atoms with van der Waals surface area (Å²) in [7, 11) is 0. The molecule has 4 nitrogen and oxygen atoms in total. The first kappa shape index (κ1) is 11.6. The van der Waals surface area contributed by atoms with Crippen molar-refractivity contribution in [3.8, 4) is 5.69 Å². The predicted molar refractivity (Wildman–Crippen MR) is 71.3 cm³/mol. The maximum absolute atomic E-state index is 12.0. The molecule has 0 unspecified atom stereocenters. The molecule has 0 aliphatic heterocycles. The molecule has 3 rings (SSSR count). The summed E-state index contributed by atoms with van der Waals surface area (Å²) in [5.41, 5.74) is 3.92. The molecule has 0 aliphatic carbocycles. The molecule has 0 radical (unpaired) electrons. The Bertz CT molecular complexity index is 807. The van der Waals surface area contributed by atoms with Crippen LogP contribution in [0.4, 0.5) is 0 Å². The van der Waals surface area contributed by atoms with Gasteiger partial charge in [-0.15, -0.1) is 0 Å². The SMILES string of the molecule is Cc1cc(C)c2oc(=O)[n+](-c3ccccc3)nc2c1. The molecule has 0 spiro atoms. The molecular formula is C15H13N2O2+. The van der Waals surface area contributed by atoms with Gasteiger partial charge in [-0.2, -0.15) is 4.79 Å². The van der Waals surface area contributed by atoms with Crippen LogP contribution in [0.3, 0.4) is 0 Å². The van der Waals surface area contributed by atoms with Crippen LogP contribution in [0.1, 0.15) is 11.1 Å². The third-order valence-electron chi connectivity index (χ3n) is 2.97. The normalized spacial score (nSPS) is 10.8. The summed E-state index contributed by atoms with van der Waals surface area (Å²) in [5, 5.41) is 4.38. The van der Waals surface area contributed by atoms with Crippen molar-refractivity contribution in [1.29, 1.82) is 0 Å². The molecule has 3 aromatic rings. The van der Waals surface area contributed by atoms with Crippen molar-refractivity contribution in [2.45, 2.75) is 13.8 Å². The lowest BCUT2D eigenvalue weighted by atomic mass is 10.1. The number of hydrogen-bond acceptors (Lipinski definition) is 3. The molecule has 4 heteroatoms. The Morgan fingerprint density at radius 2 is 1.84 bits per heavy atom. The Kier molecular flexibility index (Phi) is 2.63. The first-order valence-electron chi connectivity index (χ1n) is 6.05. The van der Waals surface area contributed by atoms with Crippen LogP contribution in [-0.2, 0) is 0 Å². The minimum absolute atomic E-state index is 0.481. The van der Waals surface area contributed by atoms with E-state index in [1.165, 1.54) is 4.68 Å². The molecule has 2 aromatic carbocycles. The van der Waals surface area contributed by atoms with E-state index in [4.69, 9.17) is 4.42 Å². The number of benzene rings is 2. The fourth-order valence-corrected chi connectivity index (χ4v) is 2.15. The fourth-order valence-electron chi connectivity index (χ4n) is 2.15. The van der Waals surface area contributed by atoms with Gasteiger partial charge in [0, 0.05) is 21.9 Å². The van der Waals surface area contributed by atoms with Gasteiger partial charge in [0.05, 0.1) is 0 Å². The zero-order valence-corrected chi connectivity index (χ0v) is 10.8. The van der Waals surface area contributed by atoms with Crippen LogP contribution >= 0.6 is 0 Å². The summed E-state index contributed by atoms with van der Waals surface area (Å²) in [6.07, 6.45) is 0. The first-order chi connectivity index (χ1) is 9.15. The van der Waals surface area contributed by atoms with Crippen molar-refractivity contribution in [2.24, 2.45) is 0 Å². The second-order valence-corrected chi connectivity index (χ2v) is 4.55. The summed E-state index contributed by atoms with van der Waals surface area (Å²) in [4.78, 5) is 12.0. The second kappa shape index (κ2) is 4.31. The van der Waals surface area contributed by atoms with Crippen LogP contribution in [0, 0.1) is 13.8 Å². The molecule has 0 saturated heterocycles. The zero-order chi connectivity index (χ0) is 13.4. The molecule has 0 bridgehead atoms. The highest BCUT2D eigenvalue weighted by Gasteiger charge is 2.18. The van der Waals surface area contributed by atoms with E-state index in [-0.39, 0.29) is 0 Å². The Hall–Kier alpha value is -2.49. The number of rotatable bonds is 1. The monoisotopic (exact) mass is 253 g/mol. The maximum Gasteiger partial charge on any atom is 0.634 e. The fraction of sp³-hybridized carbons (Fsp3) is 0.133. The molecule has 94 valence electrons. The van der Waals surface area contributed by atoms with Crippen molar-refractivity contribution in [3.05, 3.63) is 64.1 Å². The van der Waals surface area contributed by atoms with Crippen molar-refractivity contribution < 1.29 is 9.10 Å². The minimum Gasteiger partial charge on any atom is -0.368 e. The second-order valence-electron chi connectivity index (χ2n) is 4.55. The molecule has 0 N–H and O–H groups in total. The van der Waals surface area contributed by atoms with Gasteiger partial charge in [-0.1, -0.05) is 24.3 Å². The average molecular weight is 253 g/mol. The highest BCUT2D eigenvalue weighted by Crippen LogP contribution is 2.16. The van der Waals surface area contributed by atoms with E-state index < -0.39 is 5.76 Å². The van der Waals surface area contributed by atoms with Gasteiger partial charge in [0.15, 0.2) is 11.1 Å². The summed E-state index contributed by atoms with van der Waals surface area (Å²) in [6.45, 7) is 3.90. The van der Waals surface area contributed by atoms with Gasteiger partial charge in [0.2, 0.25) is 5.69 Å². The Morgan fingerprint density at radius 1 is 1.11 bits per heavy atom. The van der Waals surface area contributed by atoms with Gasteiger partial charge in [-0.25, -0.2) is 0 Å². The average Bonchev–Trinajstić information content (AvgIpc) is 2.40. The van der Waals surface area contributed by atoms with Crippen molar-refractivity contribution >= 4 is 11.1 Å². The first-order valence-corrected chi connectivity index (χ1v) is 6.05. The smallest absolute Gasteiger partial charge is 0.368 e. The van der Waals surface area contributed by atoms with Gasteiger partial charge in [0.1, 0.15) is 0 Å². The molecule has 0 saturated carbocycles. The summed E-state index contributed by atoms with van der Waals surface area (Å²) >= 11 is 0. The quantitative estimate of drug-likeness (QED) is 0.624. The number of nitrogens with zero attached hydrogens (tertiary/aromatic N) is 2. The molecule has 0 aliphatic rings. The topological polar surface area (TPSA) is 47.0 Å². The van der Waals surface area contributed by atoms with Gasteiger partial charge in [0.25, 0.3) is 0 Å². The third-order valence-corrected chi connectivity index (χ3v) is 2.97. The predicted octanol–water partition coefficient (Wildman–Crippen LogP) is 2.08. The van der Waals surface area contributed by atoms with E-state index in [2.05, 4.69) is 5.10 Å². The van der Waals surface area contributed by atoms with Crippen LogP contribution in [0.15, 0.2) is 51.7 Å². The van der Waals surface area contributed by atoms with Gasteiger partial charge in [-0.05, 0) is 31.0 Å². The number of hydrogen-bond donors (Lipinski definition) is 0.